The summed E-state index contributed by atoms with van der Waals surface area (Å²) < 4.78 is 68.8. The predicted octanol–water partition coefficient (Wildman–Crippen LogP) is 25.0. The minimum Gasteiger partial charge on any atom is -0.462 e. The molecule has 19 heteroatoms. The summed E-state index contributed by atoms with van der Waals surface area (Å²) in [5.74, 6) is -2.10. The number of hydrogen-bond donors (Lipinski definition) is 3. The Morgan fingerprint density at radius 3 is 0.584 bits per heavy atom. The van der Waals surface area contributed by atoms with Crippen LogP contribution < -0.4 is 0 Å². The van der Waals surface area contributed by atoms with Crippen molar-refractivity contribution in [1.29, 1.82) is 0 Å². The molecular formula is C82H160O17P2. The van der Waals surface area contributed by atoms with Crippen LogP contribution in [0.1, 0.15) is 445 Å². The molecule has 0 aromatic rings. The Bertz CT molecular complexity index is 1910. The molecule has 0 aliphatic carbocycles. The highest BCUT2D eigenvalue weighted by atomic mass is 31.2. The summed E-state index contributed by atoms with van der Waals surface area (Å²) in [5.41, 5.74) is 0. The molecule has 2 unspecified atom stereocenters. The molecule has 0 fully saturated rings. The first kappa shape index (κ1) is 99.1. The van der Waals surface area contributed by atoms with Gasteiger partial charge in [0.2, 0.25) is 0 Å². The van der Waals surface area contributed by atoms with Gasteiger partial charge >= 0.3 is 39.5 Å². The van der Waals surface area contributed by atoms with Crippen molar-refractivity contribution in [3.8, 4) is 0 Å². The molecule has 0 aromatic carbocycles. The van der Waals surface area contributed by atoms with E-state index >= 15 is 0 Å². The Labute approximate surface area is 619 Å². The van der Waals surface area contributed by atoms with Gasteiger partial charge < -0.3 is 33.8 Å². The number of aliphatic hydroxyl groups is 1. The number of ether oxygens (including phenoxy) is 4. The maximum Gasteiger partial charge on any atom is 0.472 e. The zero-order valence-corrected chi connectivity index (χ0v) is 67.7. The number of hydrogen-bond acceptors (Lipinski definition) is 15. The molecule has 0 heterocycles. The lowest BCUT2D eigenvalue weighted by Gasteiger charge is -2.21. The number of carbonyl (C=O) groups is 4. The van der Waals surface area contributed by atoms with E-state index in [0.29, 0.717) is 25.7 Å². The molecule has 0 spiro atoms. The molecule has 0 saturated carbocycles. The van der Waals surface area contributed by atoms with Crippen LogP contribution in [0.15, 0.2) is 0 Å². The molecule has 0 amide bonds. The Kier molecular flexibility index (Phi) is 74.8. The number of phosphoric acid groups is 2. The minimum atomic E-state index is -4.96. The van der Waals surface area contributed by atoms with E-state index in [1.54, 1.807) is 0 Å². The standard InChI is InChI=1S/C82H160O17P2/c1-5-9-13-17-21-25-29-33-35-36-37-38-39-41-45-49-53-57-61-65-69-82(87)99-78(73-93-80(85)67-63-59-55-51-47-44-40-34-30-26-22-18-14-10-6-2)75-97-101(90,91)95-71-76(83)70-94-100(88,89)96-74-77(98-81(86)68-64-60-56-52-48-43-32-28-24-20-16-12-8-4)72-92-79(84)66-62-58-54-50-46-42-31-27-23-19-15-11-7-3/h76-78,83H,5-75H2,1-4H3,(H,88,89)(H,90,91)/t76-,77+,78+/m0/s1. The smallest absolute Gasteiger partial charge is 0.462 e. The lowest BCUT2D eigenvalue weighted by Crippen LogP contribution is -2.30. The van der Waals surface area contributed by atoms with Gasteiger partial charge in [0.15, 0.2) is 12.2 Å². The Balaban J connectivity index is 5.24. The second kappa shape index (κ2) is 76.3. The summed E-state index contributed by atoms with van der Waals surface area (Å²) in [6.45, 7) is 5.04. The van der Waals surface area contributed by atoms with Gasteiger partial charge in [-0.05, 0) is 25.7 Å². The zero-order valence-electron chi connectivity index (χ0n) is 65.9. The van der Waals surface area contributed by atoms with E-state index in [1.807, 2.05) is 0 Å². The van der Waals surface area contributed by atoms with E-state index in [9.17, 15) is 43.2 Å². The molecule has 17 nitrogen and oxygen atoms in total. The van der Waals surface area contributed by atoms with Crippen LogP contribution in [0.2, 0.25) is 0 Å². The van der Waals surface area contributed by atoms with Gasteiger partial charge in [0.05, 0.1) is 26.4 Å². The van der Waals surface area contributed by atoms with Crippen molar-refractivity contribution in [3.63, 3.8) is 0 Å². The van der Waals surface area contributed by atoms with Gasteiger partial charge in [0.25, 0.3) is 0 Å². The van der Waals surface area contributed by atoms with E-state index in [4.69, 9.17) is 37.0 Å². The average Bonchev–Trinajstić information content (AvgIpc) is 0.942. The van der Waals surface area contributed by atoms with Crippen molar-refractivity contribution >= 4 is 39.5 Å². The van der Waals surface area contributed by atoms with Crippen molar-refractivity contribution in [2.24, 2.45) is 0 Å². The molecule has 0 aliphatic heterocycles. The number of unbranched alkanes of at least 4 members (excludes halogenated alkanes) is 57. The Morgan fingerprint density at radius 2 is 0.396 bits per heavy atom. The van der Waals surface area contributed by atoms with Crippen LogP contribution in [0.5, 0.6) is 0 Å². The lowest BCUT2D eigenvalue weighted by molar-refractivity contribution is -0.161. The number of rotatable bonds is 83. The van der Waals surface area contributed by atoms with Gasteiger partial charge in [-0.25, -0.2) is 9.13 Å². The topological polar surface area (TPSA) is 237 Å². The highest BCUT2D eigenvalue weighted by Crippen LogP contribution is 2.45. The quantitative estimate of drug-likeness (QED) is 0.0222. The molecule has 3 N–H and O–H groups in total. The number of carbonyl (C=O) groups excluding carboxylic acids is 4. The highest BCUT2D eigenvalue weighted by molar-refractivity contribution is 7.47. The molecule has 0 bridgehead atoms. The molecule has 0 rings (SSSR count). The lowest BCUT2D eigenvalue weighted by atomic mass is 10.0. The molecule has 5 atom stereocenters. The predicted molar refractivity (Wildman–Crippen MR) is 414 cm³/mol. The third-order valence-corrected chi connectivity index (χ3v) is 21.3. The first-order chi connectivity index (χ1) is 49.2. The van der Waals surface area contributed by atoms with Crippen LogP contribution >= 0.6 is 15.6 Å². The van der Waals surface area contributed by atoms with Crippen LogP contribution in [0.25, 0.3) is 0 Å². The fraction of sp³-hybridized carbons (Fsp3) is 0.951. The van der Waals surface area contributed by atoms with Gasteiger partial charge in [0, 0.05) is 25.7 Å². The summed E-state index contributed by atoms with van der Waals surface area (Å²) >= 11 is 0. The highest BCUT2D eigenvalue weighted by Gasteiger charge is 2.30. The first-order valence-corrected chi connectivity index (χ1v) is 45.8. The largest absolute Gasteiger partial charge is 0.472 e. The number of aliphatic hydroxyl groups excluding tert-OH is 1. The fourth-order valence-electron chi connectivity index (χ4n) is 12.8. The minimum absolute atomic E-state index is 0.109. The summed E-state index contributed by atoms with van der Waals surface area (Å²) in [7, 11) is -9.92. The van der Waals surface area contributed by atoms with E-state index in [2.05, 4.69) is 27.7 Å². The van der Waals surface area contributed by atoms with Crippen molar-refractivity contribution in [2.45, 2.75) is 463 Å². The SMILES string of the molecule is CCCCCCCCCCCCCCCCCCCCCCC(=O)O[C@H](COC(=O)CCCCCCCCCCCCCCCCC)COP(=O)(O)OC[C@@H](O)COP(=O)(O)OC[C@@H](COC(=O)CCCCCCCCCCCCCCC)OC(=O)CCCCCCCCCCCCCCC. The van der Waals surface area contributed by atoms with Crippen molar-refractivity contribution in [1.82, 2.24) is 0 Å². The van der Waals surface area contributed by atoms with Gasteiger partial charge in [-0.1, -0.05) is 394 Å². The van der Waals surface area contributed by atoms with Crippen LogP contribution in [0, 0.1) is 0 Å². The molecule has 0 radical (unpaired) electrons. The number of phosphoric ester groups is 2. The molecule has 600 valence electrons. The third-order valence-electron chi connectivity index (χ3n) is 19.4. The van der Waals surface area contributed by atoms with Crippen LogP contribution in [0.3, 0.4) is 0 Å². The van der Waals surface area contributed by atoms with Gasteiger partial charge in [-0.3, -0.25) is 37.3 Å². The van der Waals surface area contributed by atoms with Gasteiger partial charge in [0.1, 0.15) is 19.3 Å². The molecule has 101 heavy (non-hydrogen) atoms. The number of esters is 4. The monoisotopic (exact) mass is 1480 g/mol. The van der Waals surface area contributed by atoms with Crippen molar-refractivity contribution in [2.75, 3.05) is 39.6 Å². The average molecular weight is 1480 g/mol. The van der Waals surface area contributed by atoms with E-state index in [-0.39, 0.29) is 25.7 Å². The van der Waals surface area contributed by atoms with Gasteiger partial charge in [-0.15, -0.1) is 0 Å². The molecule has 0 aromatic heterocycles. The van der Waals surface area contributed by atoms with E-state index < -0.39 is 97.5 Å². The molecule has 0 aliphatic rings. The fourth-order valence-corrected chi connectivity index (χ4v) is 14.4. The molecular weight excluding hydrogens is 1320 g/mol. The molecule has 0 saturated heterocycles. The van der Waals surface area contributed by atoms with Crippen LogP contribution in [0.4, 0.5) is 0 Å². The maximum atomic E-state index is 13.1. The first-order valence-electron chi connectivity index (χ1n) is 42.8. The van der Waals surface area contributed by atoms with Gasteiger partial charge in [-0.2, -0.15) is 0 Å². The summed E-state index contributed by atoms with van der Waals surface area (Å²) in [6, 6.07) is 0. The zero-order chi connectivity index (χ0) is 73.9. The Morgan fingerprint density at radius 1 is 0.238 bits per heavy atom. The summed E-state index contributed by atoms with van der Waals surface area (Å²) in [4.78, 5) is 73.1. The maximum absolute atomic E-state index is 13.1. The Hall–Kier alpha value is -1.94. The third kappa shape index (κ3) is 76.1. The van der Waals surface area contributed by atoms with E-state index in [0.717, 1.165) is 89.9 Å². The van der Waals surface area contributed by atoms with Crippen LogP contribution in [-0.4, -0.2) is 96.7 Å². The van der Waals surface area contributed by atoms with Crippen molar-refractivity contribution < 1.29 is 80.2 Å². The van der Waals surface area contributed by atoms with Crippen LogP contribution in [-0.2, 0) is 65.4 Å². The summed E-state index contributed by atoms with van der Waals surface area (Å²) in [6.07, 6.45) is 69.2. The second-order valence-electron chi connectivity index (χ2n) is 29.5. The normalized spacial score (nSPS) is 13.8. The van der Waals surface area contributed by atoms with Crippen molar-refractivity contribution in [3.05, 3.63) is 0 Å². The van der Waals surface area contributed by atoms with E-state index in [1.165, 1.54) is 276 Å². The second-order valence-corrected chi connectivity index (χ2v) is 32.4. The summed E-state index contributed by atoms with van der Waals surface area (Å²) in [5, 5.41) is 10.7.